The summed E-state index contributed by atoms with van der Waals surface area (Å²) in [6, 6.07) is 0.534. The third kappa shape index (κ3) is 5.94. The van der Waals surface area contributed by atoms with Crippen LogP contribution in [0.3, 0.4) is 0 Å². The van der Waals surface area contributed by atoms with Crippen molar-refractivity contribution in [3.8, 4) is 0 Å². The second-order valence-corrected chi connectivity index (χ2v) is 7.80. The number of halogens is 1. The Kier molecular flexibility index (Phi) is 8.14. The van der Waals surface area contributed by atoms with Gasteiger partial charge in [0, 0.05) is 46.3 Å². The fourth-order valence-corrected chi connectivity index (χ4v) is 3.50. The van der Waals surface area contributed by atoms with E-state index >= 15 is 0 Å². The van der Waals surface area contributed by atoms with Gasteiger partial charge in [-0.25, -0.2) is 4.99 Å². The van der Waals surface area contributed by atoms with E-state index in [1.807, 2.05) is 11.9 Å². The Morgan fingerprint density at radius 3 is 2.19 bits per heavy atom. The van der Waals surface area contributed by atoms with Gasteiger partial charge < -0.3 is 20.0 Å². The molecule has 1 atom stereocenters. The van der Waals surface area contributed by atoms with Crippen LogP contribution in [0.5, 0.6) is 0 Å². The first-order valence-corrected chi connectivity index (χ1v) is 9.71. The van der Waals surface area contributed by atoms with Crippen molar-refractivity contribution in [3.05, 3.63) is 0 Å². The maximum Gasteiger partial charge on any atom is 0.243 e. The largest absolute Gasteiger partial charge is 0.353 e. The average Bonchev–Trinajstić information content (AvgIpc) is 3.36. The van der Waals surface area contributed by atoms with Crippen molar-refractivity contribution in [1.82, 2.24) is 24.9 Å². The molecule has 2 aliphatic heterocycles. The molecule has 0 aromatic rings. The minimum Gasteiger partial charge on any atom is -0.353 e. The van der Waals surface area contributed by atoms with E-state index in [0.717, 1.165) is 64.4 Å². The Morgan fingerprint density at radius 1 is 1.04 bits per heavy atom. The van der Waals surface area contributed by atoms with E-state index in [4.69, 9.17) is 0 Å². The number of guanidine groups is 1. The number of hydrogen-bond acceptors (Lipinski definition) is 4. The Bertz CT molecular complexity index is 558. The van der Waals surface area contributed by atoms with E-state index in [0.29, 0.717) is 6.04 Å². The van der Waals surface area contributed by atoms with Gasteiger partial charge in [-0.1, -0.05) is 0 Å². The summed E-state index contributed by atoms with van der Waals surface area (Å²) in [5.41, 5.74) is 0. The SMILES string of the molecule is CN(C)C(=O)CN=C(NC1CC1)N1CCN(C(=O)C2CCCN2C)CC1.I. The maximum absolute atomic E-state index is 12.7. The van der Waals surface area contributed by atoms with Crippen LogP contribution in [0.25, 0.3) is 0 Å². The van der Waals surface area contributed by atoms with Crippen molar-refractivity contribution in [2.24, 2.45) is 4.99 Å². The maximum atomic E-state index is 12.7. The average molecular weight is 492 g/mol. The lowest BCUT2D eigenvalue weighted by Gasteiger charge is -2.38. The number of carbonyl (C=O) groups is 2. The topological polar surface area (TPSA) is 71.5 Å². The molecule has 0 radical (unpaired) electrons. The fraction of sp³-hybridized carbons (Fsp3) is 0.833. The zero-order chi connectivity index (χ0) is 18.7. The van der Waals surface area contributed by atoms with E-state index in [9.17, 15) is 9.59 Å². The smallest absolute Gasteiger partial charge is 0.243 e. The molecule has 2 heterocycles. The third-order valence-corrected chi connectivity index (χ3v) is 5.47. The number of likely N-dealkylation sites (N-methyl/N-ethyl adjacent to an activating group) is 2. The summed E-state index contributed by atoms with van der Waals surface area (Å²) in [5.74, 6) is 1.08. The molecule has 1 N–H and O–H groups in total. The summed E-state index contributed by atoms with van der Waals surface area (Å²) in [6.45, 7) is 4.13. The van der Waals surface area contributed by atoms with Gasteiger partial charge in [-0.05, 0) is 39.3 Å². The molecule has 27 heavy (non-hydrogen) atoms. The molecule has 2 amide bonds. The lowest BCUT2D eigenvalue weighted by atomic mass is 10.2. The molecule has 1 unspecified atom stereocenters. The molecule has 3 fully saturated rings. The molecule has 2 saturated heterocycles. The van der Waals surface area contributed by atoms with Crippen molar-refractivity contribution in [2.75, 3.05) is 60.4 Å². The highest BCUT2D eigenvalue weighted by Crippen LogP contribution is 2.20. The van der Waals surface area contributed by atoms with Crippen LogP contribution < -0.4 is 5.32 Å². The predicted octanol–water partition coefficient (Wildman–Crippen LogP) is 0.0390. The highest BCUT2D eigenvalue weighted by Gasteiger charge is 2.34. The summed E-state index contributed by atoms with van der Waals surface area (Å²) >= 11 is 0. The van der Waals surface area contributed by atoms with Gasteiger partial charge >= 0.3 is 0 Å². The van der Waals surface area contributed by atoms with Crippen LogP contribution in [0.4, 0.5) is 0 Å². The van der Waals surface area contributed by atoms with Gasteiger partial charge in [0.1, 0.15) is 6.54 Å². The van der Waals surface area contributed by atoms with Gasteiger partial charge in [0.05, 0.1) is 6.04 Å². The lowest BCUT2D eigenvalue weighted by Crippen LogP contribution is -2.56. The Morgan fingerprint density at radius 2 is 1.67 bits per heavy atom. The first-order valence-electron chi connectivity index (χ1n) is 9.71. The molecule has 0 spiro atoms. The van der Waals surface area contributed by atoms with Crippen molar-refractivity contribution >= 4 is 41.8 Å². The number of nitrogens with zero attached hydrogens (tertiary/aromatic N) is 5. The Hall–Kier alpha value is -1.10. The van der Waals surface area contributed by atoms with Gasteiger partial charge in [0.2, 0.25) is 11.8 Å². The van der Waals surface area contributed by atoms with E-state index in [1.54, 1.807) is 19.0 Å². The van der Waals surface area contributed by atoms with Crippen LogP contribution in [0, 0.1) is 0 Å². The molecule has 154 valence electrons. The summed E-state index contributed by atoms with van der Waals surface area (Å²) in [4.78, 5) is 37.0. The second-order valence-electron chi connectivity index (χ2n) is 7.80. The number of aliphatic imine (C=N–C) groups is 1. The normalized spacial score (nSPS) is 23.8. The highest BCUT2D eigenvalue weighted by molar-refractivity contribution is 14.0. The molecule has 8 nitrogen and oxygen atoms in total. The van der Waals surface area contributed by atoms with Crippen molar-refractivity contribution in [1.29, 1.82) is 0 Å². The summed E-state index contributed by atoms with van der Waals surface area (Å²) in [5, 5.41) is 3.45. The van der Waals surface area contributed by atoms with E-state index in [1.165, 1.54) is 0 Å². The zero-order valence-corrected chi connectivity index (χ0v) is 19.0. The van der Waals surface area contributed by atoms with Crippen molar-refractivity contribution in [3.63, 3.8) is 0 Å². The van der Waals surface area contributed by atoms with E-state index in [2.05, 4.69) is 20.1 Å². The molecular weight excluding hydrogens is 459 g/mol. The minimum atomic E-state index is -0.00168. The van der Waals surface area contributed by atoms with Crippen LogP contribution >= 0.6 is 24.0 Å². The quantitative estimate of drug-likeness (QED) is 0.341. The first-order chi connectivity index (χ1) is 12.5. The van der Waals surface area contributed by atoms with Crippen molar-refractivity contribution < 1.29 is 9.59 Å². The van der Waals surface area contributed by atoms with Crippen LogP contribution in [0.2, 0.25) is 0 Å². The second kappa shape index (κ2) is 9.90. The molecule has 9 heteroatoms. The predicted molar refractivity (Wildman–Crippen MR) is 116 cm³/mol. The molecule has 0 aromatic heterocycles. The first kappa shape index (κ1) is 22.2. The fourth-order valence-electron chi connectivity index (χ4n) is 3.50. The van der Waals surface area contributed by atoms with Crippen LogP contribution in [-0.2, 0) is 9.59 Å². The molecule has 3 rings (SSSR count). The molecule has 1 saturated carbocycles. The number of carbonyl (C=O) groups excluding carboxylic acids is 2. The van der Waals surface area contributed by atoms with Crippen LogP contribution in [-0.4, -0.2) is 110 Å². The van der Waals surface area contributed by atoms with Gasteiger partial charge in [0.25, 0.3) is 0 Å². The molecule has 1 aliphatic carbocycles. The monoisotopic (exact) mass is 492 g/mol. The zero-order valence-electron chi connectivity index (χ0n) is 16.7. The Labute approximate surface area is 179 Å². The van der Waals surface area contributed by atoms with Crippen LogP contribution in [0.15, 0.2) is 4.99 Å². The van der Waals surface area contributed by atoms with E-state index in [-0.39, 0.29) is 48.4 Å². The third-order valence-electron chi connectivity index (χ3n) is 5.47. The number of piperazine rings is 1. The van der Waals surface area contributed by atoms with Gasteiger partial charge in [-0.3, -0.25) is 14.5 Å². The minimum absolute atomic E-state index is 0. The number of rotatable bonds is 4. The van der Waals surface area contributed by atoms with Crippen molar-refractivity contribution in [2.45, 2.75) is 37.8 Å². The van der Waals surface area contributed by atoms with Gasteiger partial charge in [0.15, 0.2) is 5.96 Å². The number of nitrogens with one attached hydrogen (secondary N) is 1. The Balaban J connectivity index is 0.00000261. The van der Waals surface area contributed by atoms with Gasteiger partial charge in [-0.15, -0.1) is 24.0 Å². The summed E-state index contributed by atoms with van der Waals surface area (Å²) < 4.78 is 0. The number of hydrogen-bond donors (Lipinski definition) is 1. The molecule has 3 aliphatic rings. The van der Waals surface area contributed by atoms with E-state index < -0.39 is 0 Å². The van der Waals surface area contributed by atoms with Crippen LogP contribution in [0.1, 0.15) is 25.7 Å². The molecule has 0 bridgehead atoms. The summed E-state index contributed by atoms with van der Waals surface area (Å²) in [7, 11) is 5.53. The molecular formula is C18H33IN6O2. The summed E-state index contributed by atoms with van der Waals surface area (Å²) in [6.07, 6.45) is 4.40. The van der Waals surface area contributed by atoms with Gasteiger partial charge in [-0.2, -0.15) is 0 Å². The number of likely N-dealkylation sites (tertiary alicyclic amines) is 1. The highest BCUT2D eigenvalue weighted by atomic mass is 127. The standard InChI is InChI=1S/C18H32N6O2.HI/c1-21(2)16(25)13-19-18(20-14-6-7-14)24-11-9-23(10-12-24)17(26)15-5-4-8-22(15)3;/h14-15H,4-13H2,1-3H3,(H,19,20);1H. The molecule has 0 aromatic carbocycles. The number of amides is 2. The lowest BCUT2D eigenvalue weighted by molar-refractivity contribution is -0.136.